The van der Waals surface area contributed by atoms with E-state index in [2.05, 4.69) is 10.2 Å². The normalized spacial score (nSPS) is 10.7. The van der Waals surface area contributed by atoms with Gasteiger partial charge in [-0.3, -0.25) is 4.79 Å². The van der Waals surface area contributed by atoms with E-state index in [0.29, 0.717) is 33.4 Å². The van der Waals surface area contributed by atoms with E-state index in [4.69, 9.17) is 26.9 Å². The standard InChI is InChI=1S/C18H20ClN5O3S2/c1-23(9-14-6-7-15(19)29-14)17(25)11-28-18-22-21-16(24(18)20)10-27-13-5-3-4-12(8-13)26-2/h3-8H,9-11,20H2,1-2H3. The number of nitrogen functional groups attached to an aromatic ring is 1. The van der Waals surface area contributed by atoms with Gasteiger partial charge in [0.05, 0.1) is 23.7 Å². The lowest BCUT2D eigenvalue weighted by atomic mass is 10.3. The molecule has 0 fully saturated rings. The molecule has 2 heterocycles. The highest BCUT2D eigenvalue weighted by molar-refractivity contribution is 7.99. The summed E-state index contributed by atoms with van der Waals surface area (Å²) in [4.78, 5) is 15.0. The van der Waals surface area contributed by atoms with Crippen molar-refractivity contribution in [3.8, 4) is 11.5 Å². The monoisotopic (exact) mass is 453 g/mol. The van der Waals surface area contributed by atoms with Crippen molar-refractivity contribution in [3.05, 3.63) is 51.4 Å². The Morgan fingerprint density at radius 1 is 1.31 bits per heavy atom. The van der Waals surface area contributed by atoms with E-state index in [1.807, 2.05) is 30.3 Å². The van der Waals surface area contributed by atoms with Crippen molar-refractivity contribution in [2.45, 2.75) is 18.3 Å². The Morgan fingerprint density at radius 2 is 2.10 bits per heavy atom. The zero-order chi connectivity index (χ0) is 20.8. The highest BCUT2D eigenvalue weighted by atomic mass is 35.5. The fourth-order valence-electron chi connectivity index (χ4n) is 2.34. The number of ether oxygens (including phenoxy) is 2. The van der Waals surface area contributed by atoms with Gasteiger partial charge in [-0.15, -0.1) is 21.5 Å². The number of amides is 1. The van der Waals surface area contributed by atoms with Crippen molar-refractivity contribution >= 4 is 40.6 Å². The number of thiophene rings is 1. The largest absolute Gasteiger partial charge is 0.497 e. The molecule has 0 spiro atoms. The number of methoxy groups -OCH3 is 1. The number of nitrogens with zero attached hydrogens (tertiary/aromatic N) is 4. The van der Waals surface area contributed by atoms with E-state index in [1.54, 1.807) is 25.1 Å². The molecule has 8 nitrogen and oxygen atoms in total. The molecule has 11 heteroatoms. The minimum absolute atomic E-state index is 0.0447. The van der Waals surface area contributed by atoms with Gasteiger partial charge in [0, 0.05) is 18.0 Å². The van der Waals surface area contributed by atoms with Gasteiger partial charge in [0.2, 0.25) is 11.1 Å². The zero-order valence-corrected chi connectivity index (χ0v) is 18.3. The van der Waals surface area contributed by atoms with Gasteiger partial charge in [-0.25, -0.2) is 4.68 Å². The van der Waals surface area contributed by atoms with E-state index < -0.39 is 0 Å². The first-order valence-electron chi connectivity index (χ1n) is 8.53. The Morgan fingerprint density at radius 3 is 2.83 bits per heavy atom. The number of aromatic nitrogens is 3. The Bertz CT molecular complexity index is 978. The molecule has 3 rings (SSSR count). The number of hydrogen-bond acceptors (Lipinski definition) is 8. The highest BCUT2D eigenvalue weighted by Gasteiger charge is 2.16. The average molecular weight is 454 g/mol. The molecule has 0 saturated carbocycles. The molecular weight excluding hydrogens is 434 g/mol. The summed E-state index contributed by atoms with van der Waals surface area (Å²) in [6.45, 7) is 0.649. The fourth-order valence-corrected chi connectivity index (χ4v) is 4.30. The lowest BCUT2D eigenvalue weighted by Gasteiger charge is -2.15. The quantitative estimate of drug-likeness (QED) is 0.393. The average Bonchev–Trinajstić information content (AvgIpc) is 3.29. The van der Waals surface area contributed by atoms with E-state index in [-0.39, 0.29) is 18.3 Å². The molecule has 0 aliphatic heterocycles. The maximum Gasteiger partial charge on any atom is 0.233 e. The third kappa shape index (κ3) is 5.78. The van der Waals surface area contributed by atoms with Crippen LogP contribution in [0.5, 0.6) is 11.5 Å². The van der Waals surface area contributed by atoms with Crippen LogP contribution in [0, 0.1) is 0 Å². The highest BCUT2D eigenvalue weighted by Crippen LogP contribution is 2.23. The molecule has 0 saturated heterocycles. The molecule has 0 unspecified atom stereocenters. The second-order valence-electron chi connectivity index (χ2n) is 5.98. The molecule has 0 aliphatic carbocycles. The summed E-state index contributed by atoms with van der Waals surface area (Å²) in [6.07, 6.45) is 0. The number of benzene rings is 1. The van der Waals surface area contributed by atoms with E-state index in [0.717, 1.165) is 4.88 Å². The molecule has 2 aromatic heterocycles. The van der Waals surface area contributed by atoms with Gasteiger partial charge in [0.1, 0.15) is 18.1 Å². The Hall–Kier alpha value is -2.43. The number of halogens is 1. The van der Waals surface area contributed by atoms with Crippen LogP contribution in [0.4, 0.5) is 0 Å². The van der Waals surface area contributed by atoms with Crippen LogP contribution in [0.2, 0.25) is 4.34 Å². The van der Waals surface area contributed by atoms with E-state index >= 15 is 0 Å². The van der Waals surface area contributed by atoms with Crippen molar-refractivity contribution in [2.24, 2.45) is 0 Å². The maximum absolute atomic E-state index is 12.4. The SMILES string of the molecule is COc1cccc(OCc2nnc(SCC(=O)N(C)Cc3ccc(Cl)s3)n2N)c1. The Balaban J connectivity index is 1.51. The van der Waals surface area contributed by atoms with Crippen LogP contribution in [0.1, 0.15) is 10.7 Å². The van der Waals surface area contributed by atoms with Crippen molar-refractivity contribution in [1.29, 1.82) is 0 Å². The molecule has 1 aromatic carbocycles. The molecule has 3 aromatic rings. The van der Waals surface area contributed by atoms with Gasteiger partial charge in [-0.05, 0) is 24.3 Å². The summed E-state index contributed by atoms with van der Waals surface area (Å²) in [6, 6.07) is 11.0. The van der Waals surface area contributed by atoms with Crippen LogP contribution in [0.3, 0.4) is 0 Å². The number of carbonyl (C=O) groups excluding carboxylic acids is 1. The Kier molecular flexibility index (Phi) is 7.24. The van der Waals surface area contributed by atoms with Crippen LogP contribution >= 0.6 is 34.7 Å². The number of carbonyl (C=O) groups is 1. The Labute approximate surface area is 181 Å². The second-order valence-corrected chi connectivity index (χ2v) is 8.72. The first-order chi connectivity index (χ1) is 14.0. The minimum atomic E-state index is -0.0447. The summed E-state index contributed by atoms with van der Waals surface area (Å²) in [5.41, 5.74) is 0. The molecule has 0 aliphatic rings. The molecule has 154 valence electrons. The topological polar surface area (TPSA) is 95.5 Å². The number of nitrogens with two attached hydrogens (primary N) is 1. The smallest absolute Gasteiger partial charge is 0.233 e. The summed E-state index contributed by atoms with van der Waals surface area (Å²) in [5, 5.41) is 8.52. The van der Waals surface area contributed by atoms with Crippen LogP contribution in [0.25, 0.3) is 0 Å². The predicted octanol–water partition coefficient (Wildman–Crippen LogP) is 3.05. The summed E-state index contributed by atoms with van der Waals surface area (Å²) in [7, 11) is 3.34. The summed E-state index contributed by atoms with van der Waals surface area (Å²) in [5.74, 6) is 7.97. The maximum atomic E-state index is 12.4. The van der Waals surface area contributed by atoms with Crippen LogP contribution in [0.15, 0.2) is 41.6 Å². The molecule has 0 atom stereocenters. The van der Waals surface area contributed by atoms with E-state index in [1.165, 1.54) is 27.8 Å². The lowest BCUT2D eigenvalue weighted by molar-refractivity contribution is -0.127. The first kappa shape index (κ1) is 21.3. The number of thioether (sulfide) groups is 1. The molecule has 1 amide bonds. The number of hydrogen-bond donors (Lipinski definition) is 1. The van der Waals surface area contributed by atoms with E-state index in [9.17, 15) is 4.79 Å². The zero-order valence-electron chi connectivity index (χ0n) is 15.9. The fraction of sp³-hybridized carbons (Fsp3) is 0.278. The summed E-state index contributed by atoms with van der Waals surface area (Å²) >= 11 is 8.61. The minimum Gasteiger partial charge on any atom is -0.497 e. The molecular formula is C18H20ClN5O3S2. The molecule has 0 radical (unpaired) electrons. The molecule has 2 N–H and O–H groups in total. The number of rotatable bonds is 9. The third-order valence-corrected chi connectivity index (χ3v) is 6.06. The van der Waals surface area contributed by atoms with Crippen LogP contribution in [-0.2, 0) is 17.9 Å². The van der Waals surface area contributed by atoms with Gasteiger partial charge < -0.3 is 20.2 Å². The first-order valence-corrected chi connectivity index (χ1v) is 10.7. The lowest BCUT2D eigenvalue weighted by Crippen LogP contribution is -2.27. The van der Waals surface area contributed by atoms with Crippen molar-refractivity contribution in [1.82, 2.24) is 19.8 Å². The molecule has 29 heavy (non-hydrogen) atoms. The van der Waals surface area contributed by atoms with Gasteiger partial charge in [0.15, 0.2) is 5.82 Å². The van der Waals surface area contributed by atoms with Crippen molar-refractivity contribution < 1.29 is 14.3 Å². The predicted molar refractivity (Wildman–Crippen MR) is 114 cm³/mol. The van der Waals surface area contributed by atoms with Crippen molar-refractivity contribution in [3.63, 3.8) is 0 Å². The van der Waals surface area contributed by atoms with Gasteiger partial charge in [-0.1, -0.05) is 29.4 Å². The molecule has 0 bridgehead atoms. The van der Waals surface area contributed by atoms with Gasteiger partial charge >= 0.3 is 0 Å². The van der Waals surface area contributed by atoms with Crippen molar-refractivity contribution in [2.75, 3.05) is 25.8 Å². The van der Waals surface area contributed by atoms with Gasteiger partial charge in [-0.2, -0.15) is 0 Å². The van der Waals surface area contributed by atoms with Crippen LogP contribution < -0.4 is 15.3 Å². The summed E-state index contributed by atoms with van der Waals surface area (Å²) < 4.78 is 12.9. The second kappa shape index (κ2) is 9.86. The third-order valence-electron chi connectivity index (χ3n) is 3.92. The van der Waals surface area contributed by atoms with Crippen LogP contribution in [-0.4, -0.2) is 45.6 Å². The van der Waals surface area contributed by atoms with Gasteiger partial charge in [0.25, 0.3) is 0 Å².